The smallest absolute Gasteiger partial charge is 0.226 e. The van der Waals surface area contributed by atoms with Crippen molar-refractivity contribution in [2.45, 2.75) is 46.0 Å². The molecule has 0 unspecified atom stereocenters. The summed E-state index contributed by atoms with van der Waals surface area (Å²) in [5.74, 6) is 0.0864. The van der Waals surface area contributed by atoms with Gasteiger partial charge in [-0.1, -0.05) is 38.8 Å². The molecular formula is C20H27N3O2S. The van der Waals surface area contributed by atoms with Gasteiger partial charge in [0.25, 0.3) is 0 Å². The summed E-state index contributed by atoms with van der Waals surface area (Å²) in [5.41, 5.74) is 0.660. The van der Waals surface area contributed by atoms with Crippen LogP contribution in [0.25, 0.3) is 10.2 Å². The minimum Gasteiger partial charge on any atom is -0.354 e. The third-order valence-corrected chi connectivity index (χ3v) is 6.14. The zero-order valence-corrected chi connectivity index (χ0v) is 16.3. The maximum absolute atomic E-state index is 12.9. The van der Waals surface area contributed by atoms with E-state index in [1.807, 2.05) is 32.0 Å². The Morgan fingerprint density at radius 2 is 1.85 bits per heavy atom. The number of carbonyl (C=O) groups is 2. The van der Waals surface area contributed by atoms with Gasteiger partial charge in [0.05, 0.1) is 20.6 Å². The molecule has 2 N–H and O–H groups in total. The van der Waals surface area contributed by atoms with E-state index >= 15 is 0 Å². The van der Waals surface area contributed by atoms with Gasteiger partial charge in [-0.15, -0.1) is 11.3 Å². The molecule has 0 radical (unpaired) electrons. The van der Waals surface area contributed by atoms with E-state index in [-0.39, 0.29) is 23.1 Å². The molecule has 5 nitrogen and oxygen atoms in total. The second-order valence-electron chi connectivity index (χ2n) is 7.44. The molecule has 0 bridgehead atoms. The van der Waals surface area contributed by atoms with Crippen molar-refractivity contribution in [3.8, 4) is 0 Å². The number of nitrogens with one attached hydrogen (secondary N) is 2. The predicted octanol–water partition coefficient (Wildman–Crippen LogP) is 3.29. The van der Waals surface area contributed by atoms with E-state index in [4.69, 9.17) is 4.98 Å². The fraction of sp³-hybridized carbons (Fsp3) is 0.550. The molecule has 1 heterocycles. The lowest BCUT2D eigenvalue weighted by Crippen LogP contribution is -2.44. The molecule has 2 amide bonds. The second-order valence-corrected chi connectivity index (χ2v) is 8.56. The van der Waals surface area contributed by atoms with Crippen molar-refractivity contribution in [3.05, 3.63) is 29.3 Å². The molecule has 0 aliphatic heterocycles. The monoisotopic (exact) mass is 373 g/mol. The van der Waals surface area contributed by atoms with Gasteiger partial charge in [-0.3, -0.25) is 9.59 Å². The molecule has 6 heteroatoms. The first-order chi connectivity index (χ1) is 12.5. The number of amides is 2. The molecule has 1 fully saturated rings. The summed E-state index contributed by atoms with van der Waals surface area (Å²) in [4.78, 5) is 29.2. The molecule has 1 aromatic carbocycles. The van der Waals surface area contributed by atoms with E-state index in [0.717, 1.165) is 36.2 Å². The van der Waals surface area contributed by atoms with Gasteiger partial charge in [-0.25, -0.2) is 4.98 Å². The molecule has 2 aromatic rings. The third-order valence-electron chi connectivity index (χ3n) is 5.10. The van der Waals surface area contributed by atoms with Crippen molar-refractivity contribution >= 4 is 33.4 Å². The van der Waals surface area contributed by atoms with Gasteiger partial charge < -0.3 is 10.6 Å². The summed E-state index contributed by atoms with van der Waals surface area (Å²) in [5, 5.41) is 6.92. The maximum atomic E-state index is 12.9. The lowest BCUT2D eigenvalue weighted by molar-refractivity contribution is -0.131. The fourth-order valence-electron chi connectivity index (χ4n) is 3.57. The van der Waals surface area contributed by atoms with Crippen LogP contribution in [-0.4, -0.2) is 29.9 Å². The molecule has 140 valence electrons. The van der Waals surface area contributed by atoms with Gasteiger partial charge in [-0.2, -0.15) is 0 Å². The van der Waals surface area contributed by atoms with E-state index in [0.29, 0.717) is 19.5 Å². The largest absolute Gasteiger partial charge is 0.354 e. The molecule has 0 saturated heterocycles. The summed E-state index contributed by atoms with van der Waals surface area (Å²) < 4.78 is 1.17. The number of benzene rings is 1. The minimum atomic E-state index is -0.351. The van der Waals surface area contributed by atoms with Crippen LogP contribution in [0.4, 0.5) is 0 Å². The molecule has 26 heavy (non-hydrogen) atoms. The van der Waals surface area contributed by atoms with Gasteiger partial charge >= 0.3 is 0 Å². The highest BCUT2D eigenvalue weighted by atomic mass is 32.1. The van der Waals surface area contributed by atoms with E-state index in [2.05, 4.69) is 16.7 Å². The van der Waals surface area contributed by atoms with Crippen LogP contribution in [0.2, 0.25) is 0 Å². The van der Waals surface area contributed by atoms with Crippen LogP contribution in [0.5, 0.6) is 0 Å². The SMILES string of the molecule is CC(C)C(=O)NCCNC(=O)C1(Cc2nc3ccccc3s2)CCCC1. The van der Waals surface area contributed by atoms with E-state index in [9.17, 15) is 9.59 Å². The number of para-hydroxylation sites is 1. The van der Waals surface area contributed by atoms with Crippen LogP contribution in [0.15, 0.2) is 24.3 Å². The van der Waals surface area contributed by atoms with Gasteiger partial charge in [-0.05, 0) is 25.0 Å². The average Bonchev–Trinajstić information content (AvgIpc) is 3.25. The van der Waals surface area contributed by atoms with Crippen LogP contribution < -0.4 is 10.6 Å². The minimum absolute atomic E-state index is 0.0179. The highest BCUT2D eigenvalue weighted by molar-refractivity contribution is 7.18. The molecule has 3 rings (SSSR count). The van der Waals surface area contributed by atoms with Crippen LogP contribution in [0.3, 0.4) is 0 Å². The lowest BCUT2D eigenvalue weighted by Gasteiger charge is -2.26. The first kappa shape index (κ1) is 18.8. The number of aromatic nitrogens is 1. The van der Waals surface area contributed by atoms with Crippen molar-refractivity contribution < 1.29 is 9.59 Å². The zero-order chi connectivity index (χ0) is 18.6. The van der Waals surface area contributed by atoms with Crippen molar-refractivity contribution in [1.29, 1.82) is 0 Å². The molecule has 0 spiro atoms. The Balaban J connectivity index is 1.61. The van der Waals surface area contributed by atoms with E-state index in [1.54, 1.807) is 11.3 Å². The lowest BCUT2D eigenvalue weighted by atomic mass is 9.82. The van der Waals surface area contributed by atoms with Gasteiger partial charge in [0.15, 0.2) is 0 Å². The number of rotatable bonds is 7. The molecule has 1 aliphatic rings. The molecule has 1 aliphatic carbocycles. The number of fused-ring (bicyclic) bond motifs is 1. The van der Waals surface area contributed by atoms with Crippen LogP contribution >= 0.6 is 11.3 Å². The Labute approximate surface area is 158 Å². The van der Waals surface area contributed by atoms with Crippen molar-refractivity contribution in [2.75, 3.05) is 13.1 Å². The number of thiazole rings is 1. The predicted molar refractivity (Wildman–Crippen MR) is 105 cm³/mol. The Morgan fingerprint density at radius 3 is 2.54 bits per heavy atom. The van der Waals surface area contributed by atoms with E-state index < -0.39 is 0 Å². The Kier molecular flexibility index (Phi) is 5.91. The molecule has 0 atom stereocenters. The van der Waals surface area contributed by atoms with Crippen molar-refractivity contribution in [3.63, 3.8) is 0 Å². The normalized spacial score (nSPS) is 16.1. The highest BCUT2D eigenvalue weighted by Gasteiger charge is 2.41. The molecule has 1 saturated carbocycles. The van der Waals surface area contributed by atoms with Gasteiger partial charge in [0.1, 0.15) is 0 Å². The highest BCUT2D eigenvalue weighted by Crippen LogP contribution is 2.42. The second kappa shape index (κ2) is 8.16. The van der Waals surface area contributed by atoms with Crippen LogP contribution in [0.1, 0.15) is 44.5 Å². The number of carbonyl (C=O) groups excluding carboxylic acids is 2. The Morgan fingerprint density at radius 1 is 1.15 bits per heavy atom. The van der Waals surface area contributed by atoms with Crippen molar-refractivity contribution in [1.82, 2.24) is 15.6 Å². The maximum Gasteiger partial charge on any atom is 0.226 e. The van der Waals surface area contributed by atoms with Crippen molar-refractivity contribution in [2.24, 2.45) is 11.3 Å². The molecule has 1 aromatic heterocycles. The number of nitrogens with zero attached hydrogens (tertiary/aromatic N) is 1. The summed E-state index contributed by atoms with van der Waals surface area (Å²) in [6.07, 6.45) is 4.70. The summed E-state index contributed by atoms with van der Waals surface area (Å²) in [7, 11) is 0. The summed E-state index contributed by atoms with van der Waals surface area (Å²) in [6.45, 7) is 4.66. The van der Waals surface area contributed by atoms with Gasteiger partial charge in [0, 0.05) is 25.4 Å². The fourth-order valence-corrected chi connectivity index (χ4v) is 4.69. The first-order valence-corrected chi connectivity index (χ1v) is 10.2. The third kappa shape index (κ3) is 4.23. The quantitative estimate of drug-likeness (QED) is 0.732. The molecular weight excluding hydrogens is 346 g/mol. The standard InChI is InChI=1S/C20H27N3O2S/c1-14(2)18(24)21-11-12-22-19(25)20(9-5-6-10-20)13-17-23-15-7-3-4-8-16(15)26-17/h3-4,7-8,14H,5-6,9-13H2,1-2H3,(H,21,24)(H,22,25). The van der Waals surface area contributed by atoms with Crippen LogP contribution in [-0.2, 0) is 16.0 Å². The topological polar surface area (TPSA) is 71.1 Å². The van der Waals surface area contributed by atoms with Gasteiger partial charge in [0.2, 0.25) is 11.8 Å². The Hall–Kier alpha value is -1.95. The van der Waals surface area contributed by atoms with Crippen LogP contribution in [0, 0.1) is 11.3 Å². The summed E-state index contributed by atoms with van der Waals surface area (Å²) >= 11 is 1.69. The number of hydrogen-bond acceptors (Lipinski definition) is 4. The Bertz CT molecular complexity index is 745. The first-order valence-electron chi connectivity index (χ1n) is 9.41. The average molecular weight is 374 g/mol. The number of hydrogen-bond donors (Lipinski definition) is 2. The van der Waals surface area contributed by atoms with E-state index in [1.165, 1.54) is 4.70 Å². The summed E-state index contributed by atoms with van der Waals surface area (Å²) in [6, 6.07) is 8.12. The zero-order valence-electron chi connectivity index (χ0n) is 15.5.